The van der Waals surface area contributed by atoms with Gasteiger partial charge in [-0.3, -0.25) is 4.79 Å². The number of aliphatic hydroxyl groups is 5. The maximum Gasteiger partial charge on any atom is 0.335 e. The second-order valence-electron chi connectivity index (χ2n) is 5.44. The molecule has 0 aromatic heterocycles. The number of hydrogen-bond acceptors (Lipinski definition) is 7. The molecule has 21 heavy (non-hydrogen) atoms. The first-order valence-corrected chi connectivity index (χ1v) is 6.50. The molecule has 0 aromatic carbocycles. The number of rotatable bonds is 5. The minimum atomic E-state index is -2.28. The van der Waals surface area contributed by atoms with E-state index < -0.39 is 67.2 Å². The van der Waals surface area contributed by atoms with Crippen molar-refractivity contribution in [3.05, 3.63) is 0 Å². The van der Waals surface area contributed by atoms with Crippen molar-refractivity contribution in [3.8, 4) is 0 Å². The zero-order chi connectivity index (χ0) is 16.4. The van der Waals surface area contributed by atoms with Crippen molar-refractivity contribution in [3.63, 3.8) is 0 Å². The largest absolute Gasteiger partial charge is 0.479 e. The molecule has 1 saturated carbocycles. The molecule has 1 amide bonds. The molecule has 0 heterocycles. The van der Waals surface area contributed by atoms with Crippen LogP contribution >= 0.6 is 0 Å². The SMILES string of the molecule is CC(=O)N[C@H]1[C@H]([C@H](O)[C@H](O)CO)C[C@](O)(C(=O)O)C[C@@H]1O. The molecule has 1 fully saturated rings. The lowest BCUT2D eigenvalue weighted by Gasteiger charge is -2.44. The predicted molar refractivity (Wildman–Crippen MR) is 68.0 cm³/mol. The molecule has 0 unspecified atom stereocenters. The summed E-state index contributed by atoms with van der Waals surface area (Å²) in [4.78, 5) is 22.3. The van der Waals surface area contributed by atoms with Gasteiger partial charge in [-0.2, -0.15) is 0 Å². The van der Waals surface area contributed by atoms with Crippen molar-refractivity contribution >= 4 is 11.9 Å². The molecule has 1 aliphatic carbocycles. The molecule has 1 aliphatic rings. The Kier molecular flexibility index (Phi) is 5.65. The van der Waals surface area contributed by atoms with Gasteiger partial charge < -0.3 is 36.0 Å². The first kappa shape index (κ1) is 17.8. The van der Waals surface area contributed by atoms with Crippen LogP contribution in [0.3, 0.4) is 0 Å². The van der Waals surface area contributed by atoms with Crippen molar-refractivity contribution in [2.45, 2.75) is 49.7 Å². The van der Waals surface area contributed by atoms with Crippen LogP contribution in [0, 0.1) is 5.92 Å². The Morgan fingerprint density at radius 3 is 2.33 bits per heavy atom. The fourth-order valence-electron chi connectivity index (χ4n) is 2.70. The fraction of sp³-hybridized carbons (Fsp3) is 0.833. The molecule has 0 aromatic rings. The second kappa shape index (κ2) is 6.67. The molecule has 0 radical (unpaired) electrons. The van der Waals surface area contributed by atoms with Gasteiger partial charge in [0.2, 0.25) is 5.91 Å². The van der Waals surface area contributed by atoms with Crippen LogP contribution in [-0.4, -0.2) is 79.1 Å². The normalized spacial score (nSPS) is 35.8. The van der Waals surface area contributed by atoms with Gasteiger partial charge in [-0.25, -0.2) is 4.79 Å². The van der Waals surface area contributed by atoms with E-state index in [0.717, 1.165) is 0 Å². The van der Waals surface area contributed by atoms with Gasteiger partial charge in [-0.05, 0) is 6.42 Å². The van der Waals surface area contributed by atoms with E-state index >= 15 is 0 Å². The Bertz CT molecular complexity index is 403. The first-order chi connectivity index (χ1) is 9.62. The molecule has 0 saturated heterocycles. The number of carboxylic acids is 1. The second-order valence-corrected chi connectivity index (χ2v) is 5.44. The third-order valence-corrected chi connectivity index (χ3v) is 3.78. The van der Waals surface area contributed by atoms with Crippen molar-refractivity contribution in [1.82, 2.24) is 5.32 Å². The summed E-state index contributed by atoms with van der Waals surface area (Å²) in [5.74, 6) is -3.23. The van der Waals surface area contributed by atoms with Gasteiger partial charge in [-0.15, -0.1) is 0 Å². The zero-order valence-corrected chi connectivity index (χ0v) is 11.5. The summed E-state index contributed by atoms with van der Waals surface area (Å²) in [5, 5.41) is 59.8. The lowest BCUT2D eigenvalue weighted by Crippen LogP contribution is -2.62. The van der Waals surface area contributed by atoms with E-state index in [9.17, 15) is 30.0 Å². The van der Waals surface area contributed by atoms with Crippen LogP contribution < -0.4 is 5.32 Å². The maximum absolute atomic E-state index is 11.2. The molecule has 0 bridgehead atoms. The number of hydrogen-bond donors (Lipinski definition) is 7. The van der Waals surface area contributed by atoms with E-state index in [1.165, 1.54) is 6.92 Å². The van der Waals surface area contributed by atoms with Crippen molar-refractivity contribution in [2.75, 3.05) is 6.61 Å². The summed E-state index contributed by atoms with van der Waals surface area (Å²) < 4.78 is 0. The van der Waals surface area contributed by atoms with Gasteiger partial charge in [0.25, 0.3) is 0 Å². The number of carboxylic acid groups (broad SMARTS) is 1. The highest BCUT2D eigenvalue weighted by Gasteiger charge is 2.52. The van der Waals surface area contributed by atoms with Crippen molar-refractivity contribution in [1.29, 1.82) is 0 Å². The minimum absolute atomic E-state index is 0.484. The molecule has 1 rings (SSSR count). The van der Waals surface area contributed by atoms with Gasteiger partial charge >= 0.3 is 5.97 Å². The zero-order valence-electron chi connectivity index (χ0n) is 11.5. The van der Waals surface area contributed by atoms with Crippen LogP contribution in [-0.2, 0) is 9.59 Å². The van der Waals surface area contributed by atoms with Crippen LogP contribution in [0.1, 0.15) is 19.8 Å². The molecular formula is C12H21NO8. The summed E-state index contributed by atoms with van der Waals surface area (Å²) in [6.45, 7) is 0.392. The highest BCUT2D eigenvalue weighted by molar-refractivity contribution is 5.78. The average Bonchev–Trinajstić information content (AvgIpc) is 2.39. The average molecular weight is 307 g/mol. The van der Waals surface area contributed by atoms with E-state index in [-0.39, 0.29) is 0 Å². The summed E-state index contributed by atoms with van der Waals surface area (Å²) in [6, 6.07) is -1.04. The van der Waals surface area contributed by atoms with E-state index in [1.807, 2.05) is 0 Å². The molecule has 9 heteroatoms. The highest BCUT2D eigenvalue weighted by atomic mass is 16.4. The van der Waals surface area contributed by atoms with Crippen LogP contribution in [0.2, 0.25) is 0 Å². The first-order valence-electron chi connectivity index (χ1n) is 6.50. The molecule has 6 atom stereocenters. The Balaban J connectivity index is 3.07. The highest BCUT2D eigenvalue weighted by Crippen LogP contribution is 2.36. The van der Waals surface area contributed by atoms with E-state index in [0.29, 0.717) is 0 Å². The van der Waals surface area contributed by atoms with E-state index in [1.54, 1.807) is 0 Å². The van der Waals surface area contributed by atoms with E-state index in [4.69, 9.17) is 10.2 Å². The summed E-state index contributed by atoms with van der Waals surface area (Å²) in [7, 11) is 0. The lowest BCUT2D eigenvalue weighted by molar-refractivity contribution is -0.178. The number of carbonyl (C=O) groups is 2. The van der Waals surface area contributed by atoms with Crippen LogP contribution in [0.4, 0.5) is 0 Å². The number of amides is 1. The Labute approximate surface area is 120 Å². The summed E-state index contributed by atoms with van der Waals surface area (Å²) in [6.07, 6.45) is -5.63. The molecule has 7 N–H and O–H groups in total. The fourth-order valence-corrected chi connectivity index (χ4v) is 2.70. The molecule has 122 valence electrons. The molecule has 0 aliphatic heterocycles. The van der Waals surface area contributed by atoms with Gasteiger partial charge in [0.1, 0.15) is 6.10 Å². The third kappa shape index (κ3) is 3.89. The van der Waals surface area contributed by atoms with Gasteiger partial charge in [0.05, 0.1) is 24.9 Å². The number of nitrogens with one attached hydrogen (secondary N) is 1. The van der Waals surface area contributed by atoms with Crippen LogP contribution in [0.15, 0.2) is 0 Å². The quantitative estimate of drug-likeness (QED) is 0.278. The summed E-state index contributed by atoms with van der Waals surface area (Å²) >= 11 is 0. The Morgan fingerprint density at radius 1 is 1.33 bits per heavy atom. The number of aliphatic hydroxyl groups excluding tert-OH is 4. The van der Waals surface area contributed by atoms with Crippen molar-refractivity contribution in [2.24, 2.45) is 5.92 Å². The molecule has 9 nitrogen and oxygen atoms in total. The van der Waals surface area contributed by atoms with Gasteiger partial charge in [-0.1, -0.05) is 0 Å². The van der Waals surface area contributed by atoms with Gasteiger partial charge in [0, 0.05) is 19.3 Å². The van der Waals surface area contributed by atoms with Gasteiger partial charge in [0.15, 0.2) is 5.60 Å². The third-order valence-electron chi connectivity index (χ3n) is 3.78. The lowest BCUT2D eigenvalue weighted by atomic mass is 9.70. The summed E-state index contributed by atoms with van der Waals surface area (Å²) in [5.41, 5.74) is -2.28. The van der Waals surface area contributed by atoms with Crippen molar-refractivity contribution < 1.29 is 40.2 Å². The minimum Gasteiger partial charge on any atom is -0.479 e. The monoisotopic (exact) mass is 307 g/mol. The number of aliphatic carboxylic acids is 1. The standard InChI is InChI=1S/C12H21NO8/c1-5(15)13-9-6(10(18)8(17)4-14)2-12(21,11(19)20)3-7(9)16/h6-10,14,16-18,21H,2-4H2,1H3,(H,13,15)(H,19,20)/t6-,7+,8-,9+,10+,12-/m1/s1. The Hall–Kier alpha value is -1.26. The molecular weight excluding hydrogens is 286 g/mol. The van der Waals surface area contributed by atoms with Crippen LogP contribution in [0.25, 0.3) is 0 Å². The topological polar surface area (TPSA) is 168 Å². The predicted octanol–water partition coefficient (Wildman–Crippen LogP) is -3.21. The van der Waals surface area contributed by atoms with E-state index in [2.05, 4.69) is 5.32 Å². The number of carbonyl (C=O) groups excluding carboxylic acids is 1. The maximum atomic E-state index is 11.2. The molecule has 0 spiro atoms. The van der Waals surface area contributed by atoms with Crippen LogP contribution in [0.5, 0.6) is 0 Å². The smallest absolute Gasteiger partial charge is 0.335 e. The Morgan fingerprint density at radius 2 is 1.90 bits per heavy atom.